The van der Waals surface area contributed by atoms with Gasteiger partial charge in [0, 0.05) is 23.6 Å². The van der Waals surface area contributed by atoms with Crippen LogP contribution in [0.5, 0.6) is 34.5 Å². The summed E-state index contributed by atoms with van der Waals surface area (Å²) in [4.78, 5) is 18.5. The first-order valence-corrected chi connectivity index (χ1v) is 13.5. The smallest absolute Gasteiger partial charge is 0.210 e. The van der Waals surface area contributed by atoms with E-state index in [4.69, 9.17) is 28.4 Å². The van der Waals surface area contributed by atoms with Crippen molar-refractivity contribution >= 4 is 65.8 Å². The third-order valence-electron chi connectivity index (χ3n) is 5.90. The highest BCUT2D eigenvalue weighted by atomic mass is 32.1. The fraction of sp³-hybridized carbons (Fsp3) is 0.214. The van der Waals surface area contributed by atoms with E-state index in [-0.39, 0.29) is 0 Å². The number of thiazole rings is 2. The summed E-state index contributed by atoms with van der Waals surface area (Å²) in [5.41, 5.74) is 3.29. The Bertz CT molecular complexity index is 1520. The number of nitrogens with zero attached hydrogens (tertiary/aromatic N) is 4. The van der Waals surface area contributed by atoms with Gasteiger partial charge in [-0.25, -0.2) is 20.0 Å². The highest BCUT2D eigenvalue weighted by Crippen LogP contribution is 2.40. The molecule has 0 spiro atoms. The second-order valence-electron chi connectivity index (χ2n) is 8.21. The SMILES string of the molecule is COc1cc(/C=N/c2nc3cc4sc(/N=C/c5cc(OC)c(OC)c(OC)c5)nc4cc3s2)cc(OC)c1OC. The maximum atomic E-state index is 5.43. The van der Waals surface area contributed by atoms with Crippen molar-refractivity contribution in [1.29, 1.82) is 0 Å². The van der Waals surface area contributed by atoms with E-state index >= 15 is 0 Å². The molecule has 0 saturated carbocycles. The molecule has 0 aliphatic carbocycles. The van der Waals surface area contributed by atoms with Crippen LogP contribution in [0.1, 0.15) is 11.1 Å². The molecule has 5 rings (SSSR count). The zero-order chi connectivity index (χ0) is 28.2. The summed E-state index contributed by atoms with van der Waals surface area (Å²) in [6, 6.07) is 11.3. The predicted molar refractivity (Wildman–Crippen MR) is 160 cm³/mol. The molecule has 0 atom stereocenters. The lowest BCUT2D eigenvalue weighted by Gasteiger charge is -2.12. The van der Waals surface area contributed by atoms with Crippen LogP contribution in [0.2, 0.25) is 0 Å². The van der Waals surface area contributed by atoms with E-state index in [2.05, 4.69) is 20.0 Å². The molecule has 5 aromatic rings. The topological polar surface area (TPSA) is 106 Å². The maximum absolute atomic E-state index is 5.43. The van der Waals surface area contributed by atoms with Crippen molar-refractivity contribution in [1.82, 2.24) is 9.97 Å². The van der Waals surface area contributed by atoms with Crippen LogP contribution in [-0.4, -0.2) is 65.1 Å². The average molecular weight is 579 g/mol. The molecule has 0 amide bonds. The van der Waals surface area contributed by atoms with Crippen molar-refractivity contribution < 1.29 is 28.4 Å². The van der Waals surface area contributed by atoms with Crippen LogP contribution in [-0.2, 0) is 0 Å². The highest BCUT2D eigenvalue weighted by Gasteiger charge is 2.14. The lowest BCUT2D eigenvalue weighted by Crippen LogP contribution is -1.96. The third kappa shape index (κ3) is 5.36. The molecule has 12 heteroatoms. The van der Waals surface area contributed by atoms with Gasteiger partial charge in [0.2, 0.25) is 21.8 Å². The molecule has 3 aromatic carbocycles. The number of methoxy groups -OCH3 is 6. The van der Waals surface area contributed by atoms with Crippen LogP contribution in [0.25, 0.3) is 20.4 Å². The van der Waals surface area contributed by atoms with Crippen molar-refractivity contribution in [2.45, 2.75) is 0 Å². The number of benzene rings is 3. The number of hydrogen-bond acceptors (Lipinski definition) is 12. The Labute approximate surface area is 238 Å². The number of fused-ring (bicyclic) bond motifs is 2. The number of rotatable bonds is 10. The quantitative estimate of drug-likeness (QED) is 0.174. The van der Waals surface area contributed by atoms with Crippen molar-refractivity contribution in [2.75, 3.05) is 42.7 Å². The second-order valence-corrected chi connectivity index (χ2v) is 10.2. The molecule has 0 aliphatic heterocycles. The lowest BCUT2D eigenvalue weighted by molar-refractivity contribution is 0.324. The molecule has 206 valence electrons. The highest BCUT2D eigenvalue weighted by molar-refractivity contribution is 7.23. The Morgan fingerprint density at radius 3 is 1.18 bits per heavy atom. The van der Waals surface area contributed by atoms with Crippen LogP contribution >= 0.6 is 22.7 Å². The molecule has 0 saturated heterocycles. The summed E-state index contributed by atoms with van der Waals surface area (Å²) in [6.07, 6.45) is 3.44. The van der Waals surface area contributed by atoms with Crippen LogP contribution < -0.4 is 28.4 Å². The Balaban J connectivity index is 1.40. The van der Waals surface area contributed by atoms with E-state index in [1.165, 1.54) is 22.7 Å². The molecule has 0 unspecified atom stereocenters. The minimum atomic E-state index is 0.530. The van der Waals surface area contributed by atoms with Gasteiger partial charge in [-0.15, -0.1) is 0 Å². The van der Waals surface area contributed by atoms with Crippen molar-refractivity contribution in [3.05, 3.63) is 47.5 Å². The van der Waals surface area contributed by atoms with Crippen molar-refractivity contribution in [3.63, 3.8) is 0 Å². The van der Waals surface area contributed by atoms with E-state index in [0.717, 1.165) is 31.6 Å². The fourth-order valence-electron chi connectivity index (χ4n) is 4.05. The summed E-state index contributed by atoms with van der Waals surface area (Å²) in [7, 11) is 9.45. The first-order chi connectivity index (χ1) is 19.5. The van der Waals surface area contributed by atoms with E-state index < -0.39 is 0 Å². The molecule has 0 radical (unpaired) electrons. The normalized spacial score (nSPS) is 11.6. The number of aromatic nitrogens is 2. The van der Waals surface area contributed by atoms with Gasteiger partial charge in [-0.05, 0) is 36.4 Å². The average Bonchev–Trinajstić information content (AvgIpc) is 3.58. The van der Waals surface area contributed by atoms with Crippen molar-refractivity contribution in [3.8, 4) is 34.5 Å². The summed E-state index contributed by atoms with van der Waals surface area (Å²) in [5.74, 6) is 3.29. The first-order valence-electron chi connectivity index (χ1n) is 11.9. The van der Waals surface area contributed by atoms with Crippen LogP contribution in [0, 0.1) is 0 Å². The molecule has 0 fully saturated rings. The van der Waals surface area contributed by atoms with Gasteiger partial charge >= 0.3 is 0 Å². The van der Waals surface area contributed by atoms with E-state index in [1.807, 2.05) is 36.4 Å². The zero-order valence-electron chi connectivity index (χ0n) is 22.7. The van der Waals surface area contributed by atoms with Gasteiger partial charge < -0.3 is 28.4 Å². The molecule has 0 N–H and O–H groups in total. The van der Waals surface area contributed by atoms with Crippen LogP contribution in [0.4, 0.5) is 10.3 Å². The molecule has 0 aliphatic rings. The summed E-state index contributed by atoms with van der Waals surface area (Å²) < 4.78 is 34.4. The van der Waals surface area contributed by atoms with Gasteiger partial charge in [-0.1, -0.05) is 22.7 Å². The minimum absolute atomic E-state index is 0.530. The molecule has 2 heterocycles. The van der Waals surface area contributed by atoms with Gasteiger partial charge in [0.25, 0.3) is 0 Å². The lowest BCUT2D eigenvalue weighted by atomic mass is 10.2. The standard InChI is InChI=1S/C28H26N4O6S2/c1-33-19-7-15(8-20(34-2)25(19)37-5)13-29-27-31-17-11-24-18(12-23(17)39-27)32-28(40-24)30-14-16-9-21(35-3)26(38-6)22(10-16)36-4/h7-14H,1-6H3/b29-13+,30-14+. The van der Waals surface area contributed by atoms with E-state index in [0.29, 0.717) is 44.8 Å². The Hall–Kier alpha value is -4.42. The zero-order valence-corrected chi connectivity index (χ0v) is 24.3. The molecule has 2 aromatic heterocycles. The Kier molecular flexibility index (Phi) is 7.99. The Morgan fingerprint density at radius 1 is 0.525 bits per heavy atom. The van der Waals surface area contributed by atoms with E-state index in [1.54, 1.807) is 55.1 Å². The molecular weight excluding hydrogens is 552 g/mol. The number of hydrogen-bond donors (Lipinski definition) is 0. The first kappa shape index (κ1) is 27.2. The van der Waals surface area contributed by atoms with Crippen LogP contribution in [0.3, 0.4) is 0 Å². The minimum Gasteiger partial charge on any atom is -0.493 e. The molecule has 40 heavy (non-hydrogen) atoms. The second kappa shape index (κ2) is 11.8. The predicted octanol–water partition coefficient (Wildman–Crippen LogP) is 6.46. The monoisotopic (exact) mass is 578 g/mol. The molecular formula is C28H26N4O6S2. The number of ether oxygens (including phenoxy) is 6. The Morgan fingerprint density at radius 2 is 0.875 bits per heavy atom. The van der Waals surface area contributed by atoms with Crippen LogP contribution in [0.15, 0.2) is 46.4 Å². The van der Waals surface area contributed by atoms with Gasteiger partial charge in [0.05, 0.1) is 63.1 Å². The van der Waals surface area contributed by atoms with Gasteiger partial charge in [0.15, 0.2) is 23.0 Å². The van der Waals surface area contributed by atoms with E-state index in [9.17, 15) is 0 Å². The van der Waals surface area contributed by atoms with Gasteiger partial charge in [0.1, 0.15) is 0 Å². The summed E-state index contributed by atoms with van der Waals surface area (Å²) in [5, 5.41) is 1.25. The molecule has 0 bridgehead atoms. The number of aliphatic imine (C=N–C) groups is 2. The summed E-state index contributed by atoms with van der Waals surface area (Å²) >= 11 is 2.96. The van der Waals surface area contributed by atoms with Gasteiger partial charge in [-0.3, -0.25) is 0 Å². The summed E-state index contributed by atoms with van der Waals surface area (Å²) in [6.45, 7) is 0. The molecule has 10 nitrogen and oxygen atoms in total. The third-order valence-corrected chi connectivity index (χ3v) is 7.75. The maximum Gasteiger partial charge on any atom is 0.210 e. The van der Waals surface area contributed by atoms with Crippen molar-refractivity contribution in [2.24, 2.45) is 9.98 Å². The fourth-order valence-corrected chi connectivity index (χ4v) is 5.70. The largest absolute Gasteiger partial charge is 0.493 e. The van der Waals surface area contributed by atoms with Gasteiger partial charge in [-0.2, -0.15) is 0 Å².